The molecule has 3 rings (SSSR count). The molecule has 1 aliphatic carbocycles. The van der Waals surface area contributed by atoms with Crippen molar-refractivity contribution in [2.45, 2.75) is 32.3 Å². The van der Waals surface area contributed by atoms with Crippen LogP contribution < -0.4 is 0 Å². The maximum Gasteiger partial charge on any atom is 0.258 e. The Bertz CT molecular complexity index is 696. The molecule has 4 nitrogen and oxygen atoms in total. The molecule has 0 aliphatic heterocycles. The van der Waals surface area contributed by atoms with Crippen LogP contribution in [-0.2, 0) is 17.8 Å². The molecule has 0 saturated heterocycles. The van der Waals surface area contributed by atoms with Gasteiger partial charge in [-0.2, -0.15) is 0 Å². The van der Waals surface area contributed by atoms with Gasteiger partial charge >= 0.3 is 0 Å². The third-order valence-corrected chi connectivity index (χ3v) is 5.31. The van der Waals surface area contributed by atoms with Crippen molar-refractivity contribution in [3.05, 3.63) is 21.1 Å². The van der Waals surface area contributed by atoms with E-state index in [0.717, 1.165) is 10.6 Å². The fourth-order valence-corrected chi connectivity index (χ4v) is 3.84. The van der Waals surface area contributed by atoms with Crippen molar-refractivity contribution in [2.75, 3.05) is 0 Å². The van der Waals surface area contributed by atoms with E-state index in [2.05, 4.69) is 9.97 Å². The van der Waals surface area contributed by atoms with Crippen molar-refractivity contribution < 1.29 is 18.7 Å². The molecule has 1 saturated carbocycles. The Morgan fingerprint density at radius 2 is 2.19 bits per heavy atom. The van der Waals surface area contributed by atoms with Gasteiger partial charge in [-0.25, -0.2) is 18.7 Å². The Balaban J connectivity index is 1.74. The number of aromatic nitrogens is 2. The van der Waals surface area contributed by atoms with Crippen LogP contribution in [0.15, 0.2) is 5.38 Å². The molecule has 1 aliphatic rings. The van der Waals surface area contributed by atoms with Crippen LogP contribution in [-0.4, -0.2) is 26.8 Å². The van der Waals surface area contributed by atoms with Crippen molar-refractivity contribution >= 4 is 28.5 Å². The van der Waals surface area contributed by atoms with E-state index in [1.54, 1.807) is 5.38 Å². The Morgan fingerprint density at radius 1 is 1.48 bits per heavy atom. The minimum Gasteiger partial charge on any atom is -0.389 e. The fourth-order valence-electron chi connectivity index (χ4n) is 2.09. The average Bonchev–Trinajstić information content (AvgIpc) is 2.81. The number of Topliss-reactive ketones (excluding diaryl/α,β-unsaturated/α-hetero) is 1. The highest BCUT2D eigenvalue weighted by Gasteiger charge is 2.60. The number of aliphatic hydroxyl groups is 1. The fraction of sp³-hybridized carbons (Fsp3) is 0.462. The van der Waals surface area contributed by atoms with Gasteiger partial charge in [0.1, 0.15) is 15.8 Å². The van der Waals surface area contributed by atoms with Gasteiger partial charge in [0.15, 0.2) is 0 Å². The number of hydrogen-bond donors (Lipinski definition) is 1. The number of halogens is 2. The number of hydrogen-bond acceptors (Lipinski definition) is 6. The highest BCUT2D eigenvalue weighted by atomic mass is 32.1. The second kappa shape index (κ2) is 5.19. The number of rotatable bonds is 5. The van der Waals surface area contributed by atoms with E-state index in [1.807, 2.05) is 6.92 Å². The molecule has 0 amide bonds. The van der Waals surface area contributed by atoms with E-state index in [-0.39, 0.29) is 19.4 Å². The molecule has 2 heterocycles. The van der Waals surface area contributed by atoms with Crippen molar-refractivity contribution in [2.24, 2.45) is 5.92 Å². The molecular weight excluding hydrogens is 318 g/mol. The molecule has 0 spiro atoms. The minimum absolute atomic E-state index is 0.0460. The Hall–Kier alpha value is -1.25. The van der Waals surface area contributed by atoms with Gasteiger partial charge in [-0.15, -0.1) is 22.7 Å². The lowest BCUT2D eigenvalue weighted by Crippen LogP contribution is -2.10. The van der Waals surface area contributed by atoms with Gasteiger partial charge in [-0.1, -0.05) is 0 Å². The Morgan fingerprint density at radius 3 is 2.76 bits per heavy atom. The summed E-state index contributed by atoms with van der Waals surface area (Å²) in [5, 5.41) is 12.0. The number of aliphatic hydroxyl groups excluding tert-OH is 1. The van der Waals surface area contributed by atoms with Crippen LogP contribution in [0.5, 0.6) is 0 Å². The van der Waals surface area contributed by atoms with E-state index in [9.17, 15) is 13.6 Å². The molecule has 2 aromatic heterocycles. The minimum atomic E-state index is -2.82. The van der Waals surface area contributed by atoms with Crippen LogP contribution in [0, 0.1) is 12.8 Å². The predicted octanol–water partition coefficient (Wildman–Crippen LogP) is 2.83. The number of thiazole rings is 2. The van der Waals surface area contributed by atoms with Gasteiger partial charge in [-0.3, -0.25) is 4.79 Å². The molecule has 1 unspecified atom stereocenters. The normalized spacial score (nSPS) is 19.7. The standard InChI is InChI=1S/C13H12F2N2O2S2/c1-6-12(21-11(4-18)16-6)8-5-20-10(17-8)2-9(19)7-3-13(7,14)15/h5,7,18H,2-4H2,1H3. The molecule has 112 valence electrons. The summed E-state index contributed by atoms with van der Waals surface area (Å²) in [5.41, 5.74) is 1.45. The van der Waals surface area contributed by atoms with E-state index < -0.39 is 17.6 Å². The predicted molar refractivity (Wildman–Crippen MR) is 75.6 cm³/mol. The number of carbonyl (C=O) groups excluding carboxylic acids is 1. The van der Waals surface area contributed by atoms with Crippen molar-refractivity contribution in [1.82, 2.24) is 9.97 Å². The van der Waals surface area contributed by atoms with Crippen LogP contribution in [0.25, 0.3) is 10.6 Å². The van der Waals surface area contributed by atoms with E-state index in [0.29, 0.717) is 15.7 Å². The lowest BCUT2D eigenvalue weighted by Gasteiger charge is -1.96. The van der Waals surface area contributed by atoms with E-state index in [4.69, 9.17) is 5.11 Å². The summed E-state index contributed by atoms with van der Waals surface area (Å²) in [6, 6.07) is 0. The maximum atomic E-state index is 12.8. The number of ketones is 1. The first kappa shape index (κ1) is 14.7. The second-order valence-electron chi connectivity index (χ2n) is 4.97. The van der Waals surface area contributed by atoms with Gasteiger partial charge in [0.05, 0.1) is 35.2 Å². The van der Waals surface area contributed by atoms with Gasteiger partial charge in [-0.05, 0) is 6.92 Å². The van der Waals surface area contributed by atoms with Gasteiger partial charge in [0.2, 0.25) is 0 Å². The second-order valence-corrected chi connectivity index (χ2v) is 6.99. The lowest BCUT2D eigenvalue weighted by molar-refractivity contribution is -0.121. The SMILES string of the molecule is Cc1nc(CO)sc1-c1csc(CC(=O)C2CC2(F)F)n1. The zero-order valence-corrected chi connectivity index (χ0v) is 12.7. The number of aryl methyl sites for hydroxylation is 1. The van der Waals surface area contributed by atoms with Gasteiger partial charge in [0, 0.05) is 11.8 Å². The zero-order chi connectivity index (χ0) is 15.2. The number of nitrogens with zero attached hydrogens (tertiary/aromatic N) is 2. The third kappa shape index (κ3) is 2.88. The average molecular weight is 330 g/mol. The summed E-state index contributed by atoms with van der Waals surface area (Å²) in [5.74, 6) is -4.39. The zero-order valence-electron chi connectivity index (χ0n) is 11.1. The van der Waals surface area contributed by atoms with Crippen molar-refractivity contribution in [1.29, 1.82) is 0 Å². The molecule has 1 N–H and O–H groups in total. The summed E-state index contributed by atoms with van der Waals surface area (Å²) >= 11 is 2.62. The van der Waals surface area contributed by atoms with Gasteiger partial charge < -0.3 is 5.11 Å². The number of alkyl halides is 2. The molecule has 0 radical (unpaired) electrons. The molecular formula is C13H12F2N2O2S2. The molecule has 1 fully saturated rings. The molecule has 0 bridgehead atoms. The summed E-state index contributed by atoms with van der Waals surface area (Å²) in [6.07, 6.45) is -0.381. The van der Waals surface area contributed by atoms with E-state index >= 15 is 0 Å². The van der Waals surface area contributed by atoms with Gasteiger partial charge in [0.25, 0.3) is 5.92 Å². The summed E-state index contributed by atoms with van der Waals surface area (Å²) < 4.78 is 25.7. The maximum absolute atomic E-state index is 12.8. The van der Waals surface area contributed by atoms with Crippen molar-refractivity contribution in [3.63, 3.8) is 0 Å². The van der Waals surface area contributed by atoms with Crippen LogP contribution in [0.4, 0.5) is 8.78 Å². The topological polar surface area (TPSA) is 63.1 Å². The quantitative estimate of drug-likeness (QED) is 0.916. The number of carbonyl (C=O) groups is 1. The largest absolute Gasteiger partial charge is 0.389 e. The smallest absolute Gasteiger partial charge is 0.258 e. The lowest BCUT2D eigenvalue weighted by atomic mass is 10.2. The summed E-state index contributed by atoms with van der Waals surface area (Å²) in [7, 11) is 0. The molecule has 8 heteroatoms. The summed E-state index contributed by atoms with van der Waals surface area (Å²) in [4.78, 5) is 21.1. The van der Waals surface area contributed by atoms with Crippen LogP contribution in [0.1, 0.15) is 22.1 Å². The highest BCUT2D eigenvalue weighted by molar-refractivity contribution is 7.16. The Labute approximate surface area is 127 Å². The van der Waals surface area contributed by atoms with Crippen LogP contribution in [0.2, 0.25) is 0 Å². The highest BCUT2D eigenvalue weighted by Crippen LogP contribution is 2.49. The third-order valence-electron chi connectivity index (χ3n) is 3.30. The molecule has 1 atom stereocenters. The molecule has 0 aromatic carbocycles. The molecule has 21 heavy (non-hydrogen) atoms. The van der Waals surface area contributed by atoms with Crippen molar-refractivity contribution in [3.8, 4) is 10.6 Å². The first-order valence-electron chi connectivity index (χ1n) is 6.33. The monoisotopic (exact) mass is 330 g/mol. The van der Waals surface area contributed by atoms with Crippen LogP contribution >= 0.6 is 22.7 Å². The first-order chi connectivity index (χ1) is 9.90. The first-order valence-corrected chi connectivity index (χ1v) is 8.03. The molecule has 2 aromatic rings. The Kier molecular flexibility index (Phi) is 3.62. The van der Waals surface area contributed by atoms with E-state index in [1.165, 1.54) is 22.7 Å². The summed E-state index contributed by atoms with van der Waals surface area (Å²) in [6.45, 7) is 1.69. The van der Waals surface area contributed by atoms with Crippen LogP contribution in [0.3, 0.4) is 0 Å².